The maximum Gasteiger partial charge on any atom is 0.406 e. The van der Waals surface area contributed by atoms with Gasteiger partial charge in [-0.2, -0.15) is 13.2 Å². The normalized spacial score (nSPS) is 20.4. The van der Waals surface area contributed by atoms with Gasteiger partial charge in [0, 0.05) is 35.3 Å². The fraction of sp³-hybridized carbons (Fsp3) is 0.353. The van der Waals surface area contributed by atoms with Crippen LogP contribution in [0.5, 0.6) is 0 Å². The number of rotatable bonds is 3. The van der Waals surface area contributed by atoms with E-state index in [1.807, 2.05) is 12.3 Å². The SMILES string of the molecule is Cc1csc(-c2cccc(C(=O)N3CCC(C(=O)O)(C(F)(F)F)C3)c2)n1. The smallest absolute Gasteiger partial charge is 0.406 e. The lowest BCUT2D eigenvalue weighted by molar-refractivity contribution is -0.227. The van der Waals surface area contributed by atoms with Crippen LogP contribution in [0.25, 0.3) is 10.6 Å². The second kappa shape index (κ2) is 6.39. The molecule has 0 bridgehead atoms. The molecule has 1 fully saturated rings. The monoisotopic (exact) mass is 384 g/mol. The minimum atomic E-state index is -4.92. The van der Waals surface area contributed by atoms with E-state index in [-0.39, 0.29) is 12.1 Å². The quantitative estimate of drug-likeness (QED) is 0.878. The standard InChI is InChI=1S/C17H15F3N2O3S/c1-10-8-26-13(21-10)11-3-2-4-12(7-11)14(23)22-6-5-16(9-22,15(24)25)17(18,19)20/h2-4,7-8H,5-6,9H2,1H3,(H,24,25). The molecule has 5 nitrogen and oxygen atoms in total. The van der Waals surface area contributed by atoms with Crippen molar-refractivity contribution < 1.29 is 27.9 Å². The summed E-state index contributed by atoms with van der Waals surface area (Å²) < 4.78 is 39.8. The summed E-state index contributed by atoms with van der Waals surface area (Å²) in [7, 11) is 0. The highest BCUT2D eigenvalue weighted by Crippen LogP contribution is 2.46. The lowest BCUT2D eigenvalue weighted by Crippen LogP contribution is -2.47. The zero-order valence-electron chi connectivity index (χ0n) is 13.7. The molecule has 1 aromatic heterocycles. The predicted molar refractivity (Wildman–Crippen MR) is 88.9 cm³/mol. The Balaban J connectivity index is 1.86. The van der Waals surface area contributed by atoms with Gasteiger partial charge >= 0.3 is 12.1 Å². The van der Waals surface area contributed by atoms with Crippen LogP contribution in [-0.4, -0.2) is 46.1 Å². The number of carbonyl (C=O) groups is 2. The maximum atomic E-state index is 13.3. The molecule has 1 unspecified atom stereocenters. The largest absolute Gasteiger partial charge is 0.481 e. The number of carboxylic acids is 1. The van der Waals surface area contributed by atoms with Gasteiger partial charge in [-0.1, -0.05) is 12.1 Å². The third kappa shape index (κ3) is 3.07. The van der Waals surface area contributed by atoms with E-state index in [1.165, 1.54) is 17.4 Å². The topological polar surface area (TPSA) is 70.5 Å². The number of likely N-dealkylation sites (tertiary alicyclic amines) is 1. The molecule has 138 valence electrons. The zero-order valence-corrected chi connectivity index (χ0v) is 14.5. The highest BCUT2D eigenvalue weighted by atomic mass is 32.1. The van der Waals surface area contributed by atoms with Crippen LogP contribution in [0, 0.1) is 12.3 Å². The number of alkyl halides is 3. The van der Waals surface area contributed by atoms with Crippen molar-refractivity contribution in [3.63, 3.8) is 0 Å². The third-order valence-electron chi connectivity index (χ3n) is 4.48. The van der Waals surface area contributed by atoms with Gasteiger partial charge in [-0.3, -0.25) is 9.59 Å². The van der Waals surface area contributed by atoms with Crippen LogP contribution in [0.15, 0.2) is 29.6 Å². The first-order valence-electron chi connectivity index (χ1n) is 7.76. The van der Waals surface area contributed by atoms with Crippen LogP contribution in [-0.2, 0) is 4.79 Å². The summed E-state index contributed by atoms with van der Waals surface area (Å²) in [4.78, 5) is 29.1. The second-order valence-electron chi connectivity index (χ2n) is 6.24. The molecule has 2 aromatic rings. The molecule has 0 radical (unpaired) electrons. The van der Waals surface area contributed by atoms with Crippen LogP contribution in [0.2, 0.25) is 0 Å². The number of halogens is 3. The molecule has 3 rings (SSSR count). The Bertz CT molecular complexity index is 865. The number of thiazole rings is 1. The number of aryl methyl sites for hydroxylation is 1. The van der Waals surface area contributed by atoms with Crippen molar-refractivity contribution in [2.45, 2.75) is 19.5 Å². The van der Waals surface area contributed by atoms with Gasteiger partial charge in [0.05, 0.1) is 0 Å². The van der Waals surface area contributed by atoms with Gasteiger partial charge < -0.3 is 10.0 Å². The average Bonchev–Trinajstić information content (AvgIpc) is 3.21. The molecule has 1 aromatic carbocycles. The summed E-state index contributed by atoms with van der Waals surface area (Å²) in [5.74, 6) is -2.57. The molecule has 0 saturated carbocycles. The number of hydrogen-bond donors (Lipinski definition) is 1. The molecular formula is C17H15F3N2O3S. The Hall–Kier alpha value is -2.42. The first kappa shape index (κ1) is 18.4. The van der Waals surface area contributed by atoms with Crippen LogP contribution >= 0.6 is 11.3 Å². The Labute approximate surface area is 151 Å². The van der Waals surface area contributed by atoms with E-state index in [9.17, 15) is 22.8 Å². The van der Waals surface area contributed by atoms with Gasteiger partial charge in [-0.15, -0.1) is 11.3 Å². The number of nitrogens with zero attached hydrogens (tertiary/aromatic N) is 2. The van der Waals surface area contributed by atoms with E-state index in [1.54, 1.807) is 18.2 Å². The van der Waals surface area contributed by atoms with Crippen molar-refractivity contribution in [1.82, 2.24) is 9.88 Å². The summed E-state index contributed by atoms with van der Waals surface area (Å²) in [5.41, 5.74) is -1.18. The fourth-order valence-electron chi connectivity index (χ4n) is 2.96. The molecule has 1 N–H and O–H groups in total. The van der Waals surface area contributed by atoms with Gasteiger partial charge in [0.25, 0.3) is 5.91 Å². The molecule has 26 heavy (non-hydrogen) atoms. The summed E-state index contributed by atoms with van der Waals surface area (Å²) in [6, 6.07) is 6.45. The van der Waals surface area contributed by atoms with E-state index in [0.717, 1.165) is 10.6 Å². The highest BCUT2D eigenvalue weighted by molar-refractivity contribution is 7.13. The van der Waals surface area contributed by atoms with Crippen molar-refractivity contribution in [2.75, 3.05) is 13.1 Å². The molecule has 1 saturated heterocycles. The van der Waals surface area contributed by atoms with Crippen LogP contribution in [0.4, 0.5) is 13.2 Å². The van der Waals surface area contributed by atoms with Crippen molar-refractivity contribution in [3.8, 4) is 10.6 Å². The highest BCUT2D eigenvalue weighted by Gasteiger charge is 2.64. The summed E-state index contributed by atoms with van der Waals surface area (Å²) in [6.07, 6.45) is -5.57. The molecule has 1 aliphatic rings. The van der Waals surface area contributed by atoms with Crippen molar-refractivity contribution in [1.29, 1.82) is 0 Å². The predicted octanol–water partition coefficient (Wildman–Crippen LogP) is 3.60. The number of aromatic nitrogens is 1. The number of hydrogen-bond acceptors (Lipinski definition) is 4. The van der Waals surface area contributed by atoms with Gasteiger partial charge in [0.1, 0.15) is 5.01 Å². The first-order chi connectivity index (χ1) is 12.1. The van der Waals surface area contributed by atoms with Crippen molar-refractivity contribution in [2.24, 2.45) is 5.41 Å². The lowest BCUT2D eigenvalue weighted by Gasteiger charge is -2.27. The fourth-order valence-corrected chi connectivity index (χ4v) is 3.76. The molecule has 2 heterocycles. The molecular weight excluding hydrogens is 369 g/mol. The van der Waals surface area contributed by atoms with Crippen LogP contribution in [0.1, 0.15) is 22.5 Å². The van der Waals surface area contributed by atoms with Gasteiger partial charge in [-0.05, 0) is 25.5 Å². The number of aliphatic carboxylic acids is 1. The van der Waals surface area contributed by atoms with E-state index in [4.69, 9.17) is 5.11 Å². The Morgan fingerprint density at radius 1 is 1.35 bits per heavy atom. The summed E-state index contributed by atoms with van der Waals surface area (Å²) in [5, 5.41) is 11.7. The van der Waals surface area contributed by atoms with Crippen LogP contribution in [0.3, 0.4) is 0 Å². The number of carbonyl (C=O) groups excluding carboxylic acids is 1. The second-order valence-corrected chi connectivity index (χ2v) is 7.09. The zero-order chi connectivity index (χ0) is 19.1. The Kier molecular flexibility index (Phi) is 4.51. The molecule has 1 atom stereocenters. The number of benzene rings is 1. The molecule has 0 spiro atoms. The number of amides is 1. The maximum absolute atomic E-state index is 13.3. The van der Waals surface area contributed by atoms with Crippen molar-refractivity contribution >= 4 is 23.2 Å². The van der Waals surface area contributed by atoms with Gasteiger partial charge in [0.15, 0.2) is 5.41 Å². The first-order valence-corrected chi connectivity index (χ1v) is 8.64. The summed E-state index contributed by atoms with van der Waals surface area (Å²) in [6.45, 7) is 0.693. The molecule has 1 aliphatic heterocycles. The van der Waals surface area contributed by atoms with Crippen molar-refractivity contribution in [3.05, 3.63) is 40.9 Å². The molecule has 1 amide bonds. The number of carboxylic acid groups (broad SMARTS) is 1. The van der Waals surface area contributed by atoms with Gasteiger partial charge in [0.2, 0.25) is 0 Å². The minimum absolute atomic E-state index is 0.207. The molecule has 0 aliphatic carbocycles. The van der Waals surface area contributed by atoms with Gasteiger partial charge in [-0.25, -0.2) is 4.98 Å². The van der Waals surface area contributed by atoms with E-state index in [0.29, 0.717) is 10.6 Å². The summed E-state index contributed by atoms with van der Waals surface area (Å²) >= 11 is 1.40. The average molecular weight is 384 g/mol. The molecule has 9 heteroatoms. The Morgan fingerprint density at radius 3 is 2.62 bits per heavy atom. The van der Waals surface area contributed by atoms with Crippen LogP contribution < -0.4 is 0 Å². The third-order valence-corrected chi connectivity index (χ3v) is 5.49. The Morgan fingerprint density at radius 2 is 2.08 bits per heavy atom. The minimum Gasteiger partial charge on any atom is -0.481 e. The van der Waals surface area contributed by atoms with E-state index in [2.05, 4.69) is 4.98 Å². The van der Waals surface area contributed by atoms with E-state index >= 15 is 0 Å². The van der Waals surface area contributed by atoms with E-state index < -0.39 is 36.4 Å². The lowest BCUT2D eigenvalue weighted by atomic mass is 9.86.